The van der Waals surface area contributed by atoms with Crippen LogP contribution in [0.4, 0.5) is 11.6 Å². The highest BCUT2D eigenvalue weighted by molar-refractivity contribution is 5.99. The van der Waals surface area contributed by atoms with Crippen LogP contribution in [0, 0.1) is 0 Å². The first kappa shape index (κ1) is 19.2. The number of carbonyl (C=O) groups is 1. The molecule has 0 saturated carbocycles. The van der Waals surface area contributed by atoms with Crippen LogP contribution in [0.25, 0.3) is 11.3 Å². The van der Waals surface area contributed by atoms with E-state index < -0.39 is 5.60 Å². The Morgan fingerprint density at radius 3 is 2.48 bits per heavy atom. The van der Waals surface area contributed by atoms with E-state index in [4.69, 9.17) is 4.74 Å². The Balaban J connectivity index is 0.000000364. The molecule has 1 amide bonds. The van der Waals surface area contributed by atoms with Crippen molar-refractivity contribution in [2.45, 2.75) is 32.3 Å². The number of nitrogens with zero attached hydrogens (tertiary/aromatic N) is 4. The fourth-order valence-corrected chi connectivity index (χ4v) is 2.75. The molecule has 2 aromatic heterocycles. The molecule has 0 aliphatic carbocycles. The average Bonchev–Trinajstić information content (AvgIpc) is 3.21. The van der Waals surface area contributed by atoms with Crippen molar-refractivity contribution >= 4 is 17.5 Å². The topological polar surface area (TPSA) is 100 Å². The SMILES string of the molecule is C1CCOC1.CN1CC(=O)Nc2ncc(-c3ccc(C(C)(C)O)nc3)nc21. The van der Waals surface area contributed by atoms with E-state index in [1.165, 1.54) is 12.8 Å². The molecule has 4 heterocycles. The fourth-order valence-electron chi connectivity index (χ4n) is 2.75. The number of aliphatic hydroxyl groups is 1. The Hall–Kier alpha value is -2.58. The maximum absolute atomic E-state index is 11.5. The standard InChI is InChI=1S/C15H17N5O2.C4H8O/c1-15(2,22)11-5-4-9(6-16-11)10-7-17-13-14(18-10)20(3)8-12(21)19-13;1-2-4-5-3-1/h4-7,22H,8H2,1-3H3,(H,17,19,21);1-4H2. The van der Waals surface area contributed by atoms with Crippen LogP contribution in [0.1, 0.15) is 32.4 Å². The number of nitrogens with one attached hydrogen (secondary N) is 1. The van der Waals surface area contributed by atoms with E-state index in [1.54, 1.807) is 44.3 Å². The Labute approximate surface area is 158 Å². The molecule has 2 aliphatic heterocycles. The normalized spacial score (nSPS) is 16.3. The predicted molar refractivity (Wildman–Crippen MR) is 102 cm³/mol. The molecule has 2 N–H and O–H groups in total. The van der Waals surface area contributed by atoms with Crippen LogP contribution in [0.2, 0.25) is 0 Å². The van der Waals surface area contributed by atoms with Crippen molar-refractivity contribution in [3.63, 3.8) is 0 Å². The minimum Gasteiger partial charge on any atom is -0.384 e. The van der Waals surface area contributed by atoms with Gasteiger partial charge in [0.05, 0.1) is 24.1 Å². The number of likely N-dealkylation sites (N-methyl/N-ethyl adjacent to an activating group) is 1. The number of carbonyl (C=O) groups excluding carboxylic acids is 1. The zero-order valence-electron chi connectivity index (χ0n) is 15.9. The number of hydrogen-bond acceptors (Lipinski definition) is 7. The lowest BCUT2D eigenvalue weighted by Gasteiger charge is -2.25. The summed E-state index contributed by atoms with van der Waals surface area (Å²) in [5, 5.41) is 12.6. The first-order valence-electron chi connectivity index (χ1n) is 8.99. The summed E-state index contributed by atoms with van der Waals surface area (Å²) in [6.07, 6.45) is 5.81. The van der Waals surface area contributed by atoms with Gasteiger partial charge in [-0.3, -0.25) is 9.78 Å². The summed E-state index contributed by atoms with van der Waals surface area (Å²) in [6.45, 7) is 5.62. The molecule has 0 spiro atoms. The molecule has 144 valence electrons. The highest BCUT2D eigenvalue weighted by atomic mass is 16.5. The van der Waals surface area contributed by atoms with Gasteiger partial charge in [0.1, 0.15) is 5.60 Å². The zero-order valence-corrected chi connectivity index (χ0v) is 15.9. The second-order valence-electron chi connectivity index (χ2n) is 7.14. The van der Waals surface area contributed by atoms with Gasteiger partial charge in [-0.05, 0) is 38.8 Å². The van der Waals surface area contributed by atoms with Crippen LogP contribution < -0.4 is 10.2 Å². The number of anilines is 2. The average molecular weight is 371 g/mol. The Morgan fingerprint density at radius 2 is 1.93 bits per heavy atom. The molecule has 2 aromatic rings. The van der Waals surface area contributed by atoms with E-state index in [0.29, 0.717) is 23.0 Å². The van der Waals surface area contributed by atoms with Gasteiger partial charge in [0.2, 0.25) is 5.91 Å². The van der Waals surface area contributed by atoms with E-state index in [2.05, 4.69) is 20.3 Å². The largest absolute Gasteiger partial charge is 0.384 e. The number of fused-ring (bicyclic) bond motifs is 1. The second-order valence-corrected chi connectivity index (χ2v) is 7.14. The van der Waals surface area contributed by atoms with E-state index >= 15 is 0 Å². The molecule has 0 unspecified atom stereocenters. The summed E-state index contributed by atoms with van der Waals surface area (Å²) in [5.41, 5.74) is 1.07. The molecule has 0 bridgehead atoms. The lowest BCUT2D eigenvalue weighted by Crippen LogP contribution is -2.36. The quantitative estimate of drug-likeness (QED) is 0.832. The molecular formula is C19H25N5O3. The molecule has 1 saturated heterocycles. The molecule has 8 nitrogen and oxygen atoms in total. The molecule has 1 fully saturated rings. The van der Waals surface area contributed by atoms with Gasteiger partial charge in [-0.2, -0.15) is 0 Å². The highest BCUT2D eigenvalue weighted by Gasteiger charge is 2.22. The fraction of sp³-hybridized carbons (Fsp3) is 0.474. The molecule has 4 rings (SSSR count). The van der Waals surface area contributed by atoms with Gasteiger partial charge >= 0.3 is 0 Å². The molecule has 0 atom stereocenters. The highest BCUT2D eigenvalue weighted by Crippen LogP contribution is 2.27. The first-order valence-corrected chi connectivity index (χ1v) is 8.99. The summed E-state index contributed by atoms with van der Waals surface area (Å²) in [7, 11) is 1.80. The lowest BCUT2D eigenvalue weighted by molar-refractivity contribution is -0.115. The summed E-state index contributed by atoms with van der Waals surface area (Å²) in [6, 6.07) is 3.61. The number of rotatable bonds is 2. The summed E-state index contributed by atoms with van der Waals surface area (Å²) >= 11 is 0. The van der Waals surface area contributed by atoms with Gasteiger partial charge in [0.25, 0.3) is 0 Å². The third kappa shape index (κ3) is 4.78. The summed E-state index contributed by atoms with van der Waals surface area (Å²) < 4.78 is 4.94. The van der Waals surface area contributed by atoms with Crippen molar-refractivity contribution in [2.24, 2.45) is 0 Å². The lowest BCUT2D eigenvalue weighted by atomic mass is 10.0. The van der Waals surface area contributed by atoms with Gasteiger partial charge in [-0.25, -0.2) is 9.97 Å². The third-order valence-corrected chi connectivity index (χ3v) is 4.27. The van der Waals surface area contributed by atoms with E-state index in [0.717, 1.165) is 18.8 Å². The van der Waals surface area contributed by atoms with Gasteiger partial charge < -0.3 is 20.1 Å². The number of aromatic nitrogens is 3. The molecule has 0 radical (unpaired) electrons. The van der Waals surface area contributed by atoms with E-state index in [1.807, 2.05) is 6.07 Å². The maximum Gasteiger partial charge on any atom is 0.245 e. The minimum absolute atomic E-state index is 0.103. The van der Waals surface area contributed by atoms with Crippen molar-refractivity contribution in [2.75, 3.05) is 37.0 Å². The van der Waals surface area contributed by atoms with Crippen molar-refractivity contribution in [3.05, 3.63) is 30.2 Å². The summed E-state index contributed by atoms with van der Waals surface area (Å²) in [5.74, 6) is 0.987. The predicted octanol–water partition coefficient (Wildman–Crippen LogP) is 1.95. The van der Waals surface area contributed by atoms with Crippen LogP contribution in [0.5, 0.6) is 0 Å². The number of amides is 1. The van der Waals surface area contributed by atoms with Crippen LogP contribution in [-0.4, -0.2) is 52.8 Å². The van der Waals surface area contributed by atoms with Crippen LogP contribution in [-0.2, 0) is 15.1 Å². The molecule has 0 aromatic carbocycles. The first-order chi connectivity index (χ1) is 12.8. The van der Waals surface area contributed by atoms with Crippen molar-refractivity contribution in [1.82, 2.24) is 15.0 Å². The number of pyridine rings is 1. The monoisotopic (exact) mass is 371 g/mol. The number of ether oxygens (including phenoxy) is 1. The third-order valence-electron chi connectivity index (χ3n) is 4.27. The Morgan fingerprint density at radius 1 is 1.19 bits per heavy atom. The van der Waals surface area contributed by atoms with Gasteiger partial charge in [-0.1, -0.05) is 0 Å². The zero-order chi connectivity index (χ0) is 19.4. The Kier molecular flexibility index (Phi) is 5.67. The molecule has 27 heavy (non-hydrogen) atoms. The van der Waals surface area contributed by atoms with Crippen molar-refractivity contribution in [3.8, 4) is 11.3 Å². The minimum atomic E-state index is -0.982. The van der Waals surface area contributed by atoms with Gasteiger partial charge in [0.15, 0.2) is 11.6 Å². The van der Waals surface area contributed by atoms with Crippen molar-refractivity contribution < 1.29 is 14.6 Å². The smallest absolute Gasteiger partial charge is 0.245 e. The molecular weight excluding hydrogens is 346 g/mol. The van der Waals surface area contributed by atoms with Crippen molar-refractivity contribution in [1.29, 1.82) is 0 Å². The van der Waals surface area contributed by atoms with Gasteiger partial charge in [-0.15, -0.1) is 0 Å². The maximum atomic E-state index is 11.5. The van der Waals surface area contributed by atoms with Crippen LogP contribution in [0.3, 0.4) is 0 Å². The Bertz CT molecular complexity index is 790. The van der Waals surface area contributed by atoms with Crippen LogP contribution in [0.15, 0.2) is 24.5 Å². The van der Waals surface area contributed by atoms with E-state index in [-0.39, 0.29) is 12.5 Å². The van der Waals surface area contributed by atoms with Crippen LogP contribution >= 0.6 is 0 Å². The summed E-state index contributed by atoms with van der Waals surface area (Å²) in [4.78, 5) is 26.3. The molecule has 2 aliphatic rings. The number of hydrogen-bond donors (Lipinski definition) is 2. The second kappa shape index (κ2) is 7.98. The van der Waals surface area contributed by atoms with Gasteiger partial charge in [0, 0.05) is 32.0 Å². The van der Waals surface area contributed by atoms with E-state index in [9.17, 15) is 9.90 Å². The molecule has 8 heteroatoms.